The van der Waals surface area contributed by atoms with Gasteiger partial charge in [0.05, 0.1) is 12.5 Å². The smallest absolute Gasteiger partial charge is 0.230 e. The van der Waals surface area contributed by atoms with E-state index in [1.807, 2.05) is 6.92 Å². The number of rotatable bonds is 4. The molecule has 2 heterocycles. The third-order valence-electron chi connectivity index (χ3n) is 5.45. The van der Waals surface area contributed by atoms with Crippen LogP contribution in [0.4, 0.5) is 4.39 Å². The molecule has 0 saturated carbocycles. The molecule has 0 bridgehead atoms. The average molecular weight is 348 g/mol. The van der Waals surface area contributed by atoms with Crippen LogP contribution in [0.2, 0.25) is 0 Å². The number of carbonyl (C=O) groups is 2. The van der Waals surface area contributed by atoms with Crippen molar-refractivity contribution in [3.05, 3.63) is 29.6 Å². The molecule has 1 atom stereocenters. The maximum atomic E-state index is 14.1. The Morgan fingerprint density at radius 1 is 1.32 bits per heavy atom. The molecule has 2 fully saturated rings. The predicted octanol–water partition coefficient (Wildman–Crippen LogP) is 2.59. The second-order valence-corrected chi connectivity index (χ2v) is 6.99. The van der Waals surface area contributed by atoms with Crippen LogP contribution in [0.15, 0.2) is 18.2 Å². The van der Waals surface area contributed by atoms with Crippen molar-refractivity contribution in [1.82, 2.24) is 9.80 Å². The molecule has 1 unspecified atom stereocenters. The number of piperidine rings is 1. The highest BCUT2D eigenvalue weighted by atomic mass is 19.1. The molecular weight excluding hydrogens is 323 g/mol. The van der Waals surface area contributed by atoms with Gasteiger partial charge in [0.2, 0.25) is 11.8 Å². The van der Waals surface area contributed by atoms with E-state index in [-0.39, 0.29) is 24.2 Å². The fraction of sp³-hybridized carbons (Fsp3) is 0.579. The van der Waals surface area contributed by atoms with Crippen LogP contribution in [0.3, 0.4) is 0 Å². The summed E-state index contributed by atoms with van der Waals surface area (Å²) in [6.45, 7) is 3.84. The number of nitrogens with zero attached hydrogens (tertiary/aromatic N) is 2. The van der Waals surface area contributed by atoms with E-state index < -0.39 is 5.41 Å². The zero-order chi connectivity index (χ0) is 18.0. The maximum absolute atomic E-state index is 14.1. The van der Waals surface area contributed by atoms with E-state index in [4.69, 9.17) is 4.74 Å². The van der Waals surface area contributed by atoms with Gasteiger partial charge in [-0.25, -0.2) is 4.39 Å². The molecule has 1 spiro atoms. The minimum Gasteiger partial charge on any atom is -0.497 e. The molecule has 3 rings (SSSR count). The van der Waals surface area contributed by atoms with Gasteiger partial charge in [0.25, 0.3) is 0 Å². The van der Waals surface area contributed by atoms with Crippen molar-refractivity contribution in [3.8, 4) is 5.75 Å². The van der Waals surface area contributed by atoms with Crippen molar-refractivity contribution in [3.63, 3.8) is 0 Å². The van der Waals surface area contributed by atoms with Crippen LogP contribution in [0.5, 0.6) is 5.75 Å². The first-order chi connectivity index (χ1) is 12.0. The molecule has 0 N–H and O–H groups in total. The Labute approximate surface area is 147 Å². The molecule has 1 aromatic rings. The number of carbonyl (C=O) groups excluding carboxylic acids is 2. The summed E-state index contributed by atoms with van der Waals surface area (Å²) in [4.78, 5) is 28.6. The van der Waals surface area contributed by atoms with Gasteiger partial charge in [0.1, 0.15) is 11.6 Å². The zero-order valence-electron chi connectivity index (χ0n) is 14.9. The van der Waals surface area contributed by atoms with Crippen molar-refractivity contribution < 1.29 is 18.7 Å². The molecule has 2 aliphatic rings. The summed E-state index contributed by atoms with van der Waals surface area (Å²) in [5.74, 6) is 0.395. The van der Waals surface area contributed by atoms with Crippen LogP contribution in [0, 0.1) is 11.2 Å². The van der Waals surface area contributed by atoms with Gasteiger partial charge < -0.3 is 14.5 Å². The second-order valence-electron chi connectivity index (χ2n) is 6.99. The summed E-state index contributed by atoms with van der Waals surface area (Å²) in [6, 6.07) is 4.59. The van der Waals surface area contributed by atoms with Gasteiger partial charge >= 0.3 is 0 Å². The van der Waals surface area contributed by atoms with Crippen LogP contribution in [-0.2, 0) is 16.1 Å². The Bertz CT molecular complexity index is 679. The van der Waals surface area contributed by atoms with Gasteiger partial charge in [0, 0.05) is 38.2 Å². The molecule has 2 aliphatic heterocycles. The first-order valence-electron chi connectivity index (χ1n) is 8.88. The van der Waals surface area contributed by atoms with Crippen LogP contribution < -0.4 is 4.74 Å². The summed E-state index contributed by atoms with van der Waals surface area (Å²) < 4.78 is 19.3. The van der Waals surface area contributed by atoms with E-state index in [9.17, 15) is 14.0 Å². The lowest BCUT2D eigenvalue weighted by Crippen LogP contribution is -2.50. The number of hydrogen-bond acceptors (Lipinski definition) is 3. The topological polar surface area (TPSA) is 49.9 Å². The number of hydrogen-bond donors (Lipinski definition) is 0. The van der Waals surface area contributed by atoms with E-state index in [2.05, 4.69) is 0 Å². The molecule has 0 radical (unpaired) electrons. The zero-order valence-corrected chi connectivity index (χ0v) is 14.9. The summed E-state index contributed by atoms with van der Waals surface area (Å²) in [7, 11) is 1.54. The third-order valence-corrected chi connectivity index (χ3v) is 5.45. The van der Waals surface area contributed by atoms with E-state index in [1.165, 1.54) is 13.2 Å². The van der Waals surface area contributed by atoms with Crippen LogP contribution in [0.25, 0.3) is 0 Å². The Balaban J connectivity index is 1.76. The average Bonchev–Trinajstić information content (AvgIpc) is 3.05. The highest BCUT2D eigenvalue weighted by Gasteiger charge is 2.49. The Kier molecular flexibility index (Phi) is 4.97. The van der Waals surface area contributed by atoms with Gasteiger partial charge in [0.15, 0.2) is 0 Å². The first kappa shape index (κ1) is 17.7. The molecule has 5 nitrogen and oxygen atoms in total. The maximum Gasteiger partial charge on any atom is 0.230 e. The standard InChI is InChI=1S/C19H25FN2O3/c1-3-17(23)22-10-8-19(13-22)7-4-9-21(18(19)24)12-14-11-15(25-2)5-6-16(14)20/h5-6,11H,3-4,7-10,12-13H2,1-2H3. The molecule has 0 aromatic heterocycles. The molecule has 0 aliphatic carbocycles. The minimum absolute atomic E-state index is 0.0485. The number of benzene rings is 1. The van der Waals surface area contributed by atoms with Crippen molar-refractivity contribution in [2.45, 2.75) is 39.2 Å². The summed E-state index contributed by atoms with van der Waals surface area (Å²) in [6.07, 6.45) is 2.85. The Hall–Kier alpha value is -2.11. The Morgan fingerprint density at radius 3 is 2.84 bits per heavy atom. The lowest BCUT2D eigenvalue weighted by Gasteiger charge is -2.39. The highest BCUT2D eigenvalue weighted by Crippen LogP contribution is 2.40. The van der Waals surface area contributed by atoms with E-state index in [0.717, 1.165) is 12.8 Å². The van der Waals surface area contributed by atoms with E-state index >= 15 is 0 Å². The van der Waals surface area contributed by atoms with Crippen molar-refractivity contribution >= 4 is 11.8 Å². The van der Waals surface area contributed by atoms with Crippen LogP contribution in [0.1, 0.15) is 38.2 Å². The lowest BCUT2D eigenvalue weighted by molar-refractivity contribution is -0.146. The molecule has 6 heteroatoms. The molecule has 2 amide bonds. The van der Waals surface area contributed by atoms with Crippen LogP contribution in [-0.4, -0.2) is 48.4 Å². The molecule has 25 heavy (non-hydrogen) atoms. The number of halogens is 1. The highest BCUT2D eigenvalue weighted by molar-refractivity contribution is 5.86. The monoisotopic (exact) mass is 348 g/mol. The number of ether oxygens (including phenoxy) is 1. The van der Waals surface area contributed by atoms with Crippen molar-refractivity contribution in [2.75, 3.05) is 26.7 Å². The van der Waals surface area contributed by atoms with Gasteiger partial charge in [-0.05, 0) is 37.5 Å². The van der Waals surface area contributed by atoms with Gasteiger partial charge in [-0.3, -0.25) is 9.59 Å². The van der Waals surface area contributed by atoms with Crippen molar-refractivity contribution in [1.29, 1.82) is 0 Å². The van der Waals surface area contributed by atoms with E-state index in [1.54, 1.807) is 21.9 Å². The normalized spacial score (nSPS) is 23.4. The fourth-order valence-electron chi connectivity index (χ4n) is 4.00. The lowest BCUT2D eigenvalue weighted by atomic mass is 9.78. The van der Waals surface area contributed by atoms with Crippen LogP contribution >= 0.6 is 0 Å². The predicted molar refractivity (Wildman–Crippen MR) is 91.5 cm³/mol. The van der Waals surface area contributed by atoms with Gasteiger partial charge in [-0.1, -0.05) is 6.92 Å². The second kappa shape index (κ2) is 7.02. The third kappa shape index (κ3) is 3.34. The summed E-state index contributed by atoms with van der Waals surface area (Å²) >= 11 is 0. The SMILES string of the molecule is CCC(=O)N1CCC2(CCCN(Cc3cc(OC)ccc3F)C2=O)C1. The number of methoxy groups -OCH3 is 1. The quantitative estimate of drug-likeness (QED) is 0.840. The van der Waals surface area contributed by atoms with Gasteiger partial charge in [-0.2, -0.15) is 0 Å². The molecule has 1 aromatic carbocycles. The number of likely N-dealkylation sites (tertiary alicyclic amines) is 2. The summed E-state index contributed by atoms with van der Waals surface area (Å²) in [5, 5.41) is 0. The molecular formula is C19H25FN2O3. The Morgan fingerprint density at radius 2 is 2.12 bits per heavy atom. The number of amides is 2. The minimum atomic E-state index is -0.488. The summed E-state index contributed by atoms with van der Waals surface area (Å²) in [5.41, 5.74) is -0.0254. The van der Waals surface area contributed by atoms with Crippen molar-refractivity contribution in [2.24, 2.45) is 5.41 Å². The van der Waals surface area contributed by atoms with Gasteiger partial charge in [-0.15, -0.1) is 0 Å². The van der Waals surface area contributed by atoms with E-state index in [0.29, 0.717) is 43.8 Å². The first-order valence-corrected chi connectivity index (χ1v) is 8.88. The molecule has 2 saturated heterocycles. The fourth-order valence-corrected chi connectivity index (χ4v) is 4.00. The molecule has 136 valence electrons. The largest absolute Gasteiger partial charge is 0.497 e.